The van der Waals surface area contributed by atoms with Crippen LogP contribution in [0, 0.1) is 12.7 Å². The van der Waals surface area contributed by atoms with Gasteiger partial charge in [0.1, 0.15) is 5.82 Å². The number of thiazole rings is 1. The van der Waals surface area contributed by atoms with Gasteiger partial charge in [-0.2, -0.15) is 0 Å². The number of halogens is 2. The summed E-state index contributed by atoms with van der Waals surface area (Å²) >= 11 is 7.12. The summed E-state index contributed by atoms with van der Waals surface area (Å²) in [5.74, 6) is -0.370. The van der Waals surface area contributed by atoms with Crippen LogP contribution in [0.25, 0.3) is 0 Å². The number of aliphatic hydroxyl groups excluding tert-OH is 1. The first-order chi connectivity index (χ1) is 13.3. The summed E-state index contributed by atoms with van der Waals surface area (Å²) in [6.45, 7) is 1.63. The Morgan fingerprint density at radius 2 is 1.96 bits per heavy atom. The first kappa shape index (κ1) is 20.7. The number of benzene rings is 2. The predicted molar refractivity (Wildman–Crippen MR) is 109 cm³/mol. The van der Waals surface area contributed by atoms with E-state index in [2.05, 4.69) is 9.71 Å². The van der Waals surface area contributed by atoms with Crippen LogP contribution in [0.4, 0.5) is 9.52 Å². The van der Waals surface area contributed by atoms with E-state index in [-0.39, 0.29) is 28.7 Å². The van der Waals surface area contributed by atoms with Gasteiger partial charge in [-0.15, -0.1) is 11.3 Å². The van der Waals surface area contributed by atoms with Crippen molar-refractivity contribution in [3.8, 4) is 0 Å². The van der Waals surface area contributed by atoms with Crippen molar-refractivity contribution < 1.29 is 17.9 Å². The smallest absolute Gasteiger partial charge is 0.263 e. The van der Waals surface area contributed by atoms with E-state index in [1.165, 1.54) is 12.1 Å². The molecule has 148 valence electrons. The average molecular weight is 441 g/mol. The van der Waals surface area contributed by atoms with Gasteiger partial charge in [0.2, 0.25) is 0 Å². The molecule has 0 fully saturated rings. The van der Waals surface area contributed by atoms with E-state index in [1.807, 2.05) is 0 Å². The zero-order valence-corrected chi connectivity index (χ0v) is 17.3. The van der Waals surface area contributed by atoms with E-state index >= 15 is 0 Å². The first-order valence-corrected chi connectivity index (χ1v) is 11.1. The lowest BCUT2D eigenvalue weighted by atomic mass is 10.0. The number of hydrogen-bond acceptors (Lipinski definition) is 5. The molecule has 0 spiro atoms. The molecule has 3 rings (SSSR count). The van der Waals surface area contributed by atoms with Crippen molar-refractivity contribution in [2.24, 2.45) is 0 Å². The standard InChI is InChI=1S/C19H18ClFN2O3S2/c1-12-16(20)6-4-8-18(12)28(25,26)23-19-22-14(11-27-19)10-15(24)9-13-5-2-3-7-17(13)21/h2-8,11,15,24H,9-10H2,1H3,(H,22,23)/t15-/m1/s1. The lowest BCUT2D eigenvalue weighted by molar-refractivity contribution is 0.173. The third-order valence-corrected chi connectivity index (χ3v) is 6.97. The maximum atomic E-state index is 13.7. The molecule has 0 aliphatic rings. The van der Waals surface area contributed by atoms with Crippen LogP contribution in [-0.4, -0.2) is 24.6 Å². The Bertz CT molecular complexity index is 1090. The van der Waals surface area contributed by atoms with Gasteiger partial charge in [0.05, 0.1) is 16.7 Å². The summed E-state index contributed by atoms with van der Waals surface area (Å²) in [5.41, 5.74) is 1.39. The molecule has 0 saturated heterocycles. The molecular weight excluding hydrogens is 423 g/mol. The molecule has 0 bridgehead atoms. The second-order valence-electron chi connectivity index (χ2n) is 6.27. The number of hydrogen-bond donors (Lipinski definition) is 2. The molecule has 28 heavy (non-hydrogen) atoms. The summed E-state index contributed by atoms with van der Waals surface area (Å²) in [6.07, 6.45) is -0.506. The summed E-state index contributed by atoms with van der Waals surface area (Å²) in [5, 5.41) is 12.4. The number of anilines is 1. The summed E-state index contributed by atoms with van der Waals surface area (Å²) in [4.78, 5) is 4.30. The molecular formula is C19H18ClFN2O3S2. The molecule has 1 atom stereocenters. The van der Waals surface area contributed by atoms with Gasteiger partial charge in [-0.25, -0.2) is 17.8 Å². The third kappa shape index (κ3) is 4.88. The van der Waals surface area contributed by atoms with Crippen molar-refractivity contribution in [2.75, 3.05) is 4.72 Å². The van der Waals surface area contributed by atoms with Crippen LogP contribution in [0.5, 0.6) is 0 Å². The lowest BCUT2D eigenvalue weighted by Crippen LogP contribution is -2.16. The molecule has 3 aromatic rings. The summed E-state index contributed by atoms with van der Waals surface area (Å²) in [7, 11) is -3.83. The minimum atomic E-state index is -3.83. The van der Waals surface area contributed by atoms with Crippen LogP contribution in [0.2, 0.25) is 5.02 Å². The quantitative estimate of drug-likeness (QED) is 0.577. The molecule has 2 aromatic carbocycles. The Labute approximate surface area is 171 Å². The van der Waals surface area contributed by atoms with Gasteiger partial charge >= 0.3 is 0 Å². The number of aliphatic hydroxyl groups is 1. The van der Waals surface area contributed by atoms with Gasteiger partial charge < -0.3 is 5.11 Å². The van der Waals surface area contributed by atoms with Gasteiger partial charge in [0.15, 0.2) is 5.13 Å². The minimum Gasteiger partial charge on any atom is -0.392 e. The average Bonchev–Trinajstić information content (AvgIpc) is 3.05. The minimum absolute atomic E-state index is 0.0799. The topological polar surface area (TPSA) is 79.3 Å². The molecule has 0 radical (unpaired) electrons. The molecule has 9 heteroatoms. The second kappa shape index (κ2) is 8.57. The highest BCUT2D eigenvalue weighted by molar-refractivity contribution is 7.93. The van der Waals surface area contributed by atoms with Crippen LogP contribution in [0.15, 0.2) is 52.7 Å². The molecule has 0 aliphatic heterocycles. The Kier molecular flexibility index (Phi) is 6.34. The largest absolute Gasteiger partial charge is 0.392 e. The Hall–Kier alpha value is -2.00. The van der Waals surface area contributed by atoms with E-state index < -0.39 is 16.1 Å². The summed E-state index contributed by atoms with van der Waals surface area (Å²) < 4.78 is 41.3. The highest BCUT2D eigenvalue weighted by Gasteiger charge is 2.20. The van der Waals surface area contributed by atoms with Gasteiger partial charge in [-0.3, -0.25) is 4.72 Å². The van der Waals surface area contributed by atoms with E-state index in [0.717, 1.165) is 11.3 Å². The highest BCUT2D eigenvalue weighted by atomic mass is 35.5. The third-order valence-electron chi connectivity index (χ3n) is 4.14. The maximum absolute atomic E-state index is 13.7. The fourth-order valence-electron chi connectivity index (χ4n) is 2.73. The number of nitrogens with zero attached hydrogens (tertiary/aromatic N) is 1. The molecule has 1 heterocycles. The van der Waals surface area contributed by atoms with Crippen molar-refractivity contribution in [3.05, 3.63) is 75.5 Å². The second-order valence-corrected chi connectivity index (χ2v) is 9.18. The predicted octanol–water partition coefficient (Wildman–Crippen LogP) is 4.19. The van der Waals surface area contributed by atoms with Crippen molar-refractivity contribution >= 4 is 38.1 Å². The fraction of sp³-hybridized carbons (Fsp3) is 0.211. The Morgan fingerprint density at radius 1 is 1.21 bits per heavy atom. The zero-order valence-electron chi connectivity index (χ0n) is 14.9. The van der Waals surface area contributed by atoms with Gasteiger partial charge in [-0.05, 0) is 36.2 Å². The van der Waals surface area contributed by atoms with Gasteiger partial charge in [0, 0.05) is 23.2 Å². The van der Waals surface area contributed by atoms with E-state index in [1.54, 1.807) is 42.6 Å². The molecule has 1 aromatic heterocycles. The maximum Gasteiger partial charge on any atom is 0.263 e. The molecule has 0 aliphatic carbocycles. The number of rotatable bonds is 7. The lowest BCUT2D eigenvalue weighted by Gasteiger charge is -2.10. The number of aromatic nitrogens is 1. The molecule has 0 unspecified atom stereocenters. The number of sulfonamides is 1. The number of nitrogens with one attached hydrogen (secondary N) is 1. The molecule has 0 saturated carbocycles. The van der Waals surface area contributed by atoms with Crippen molar-refractivity contribution in [2.45, 2.75) is 30.8 Å². The Balaban J connectivity index is 1.68. The SMILES string of the molecule is Cc1c(Cl)cccc1S(=O)(=O)Nc1nc(C[C@H](O)Cc2ccccc2F)cs1. The fourth-order valence-corrected chi connectivity index (χ4v) is 5.20. The van der Waals surface area contributed by atoms with Crippen LogP contribution >= 0.6 is 22.9 Å². The van der Waals surface area contributed by atoms with Crippen molar-refractivity contribution in [1.29, 1.82) is 0 Å². The van der Waals surface area contributed by atoms with Crippen LogP contribution in [-0.2, 0) is 22.9 Å². The van der Waals surface area contributed by atoms with E-state index in [0.29, 0.717) is 21.8 Å². The van der Waals surface area contributed by atoms with E-state index in [9.17, 15) is 17.9 Å². The van der Waals surface area contributed by atoms with Crippen molar-refractivity contribution in [1.82, 2.24) is 4.98 Å². The summed E-state index contributed by atoms with van der Waals surface area (Å²) in [6, 6.07) is 10.9. The van der Waals surface area contributed by atoms with Crippen molar-refractivity contribution in [3.63, 3.8) is 0 Å². The monoisotopic (exact) mass is 440 g/mol. The van der Waals surface area contributed by atoms with Gasteiger partial charge in [-0.1, -0.05) is 35.9 Å². The zero-order chi connectivity index (χ0) is 20.3. The van der Waals surface area contributed by atoms with Crippen LogP contribution in [0.1, 0.15) is 16.8 Å². The first-order valence-electron chi connectivity index (χ1n) is 8.40. The normalized spacial score (nSPS) is 12.7. The molecule has 2 N–H and O–H groups in total. The van der Waals surface area contributed by atoms with Crippen LogP contribution < -0.4 is 4.72 Å². The molecule has 5 nitrogen and oxygen atoms in total. The van der Waals surface area contributed by atoms with Crippen LogP contribution in [0.3, 0.4) is 0 Å². The molecule has 0 amide bonds. The van der Waals surface area contributed by atoms with E-state index in [4.69, 9.17) is 11.6 Å². The Morgan fingerprint density at radius 3 is 2.71 bits per heavy atom. The van der Waals surface area contributed by atoms with Gasteiger partial charge in [0.25, 0.3) is 10.0 Å². The highest BCUT2D eigenvalue weighted by Crippen LogP contribution is 2.26.